The van der Waals surface area contributed by atoms with Gasteiger partial charge in [0.25, 0.3) is 0 Å². The van der Waals surface area contributed by atoms with Crippen molar-refractivity contribution in [3.8, 4) is 0 Å². The molecule has 1 atom stereocenters. The molecule has 0 amide bonds. The number of hydrogen-bond donors (Lipinski definition) is 0. The topological polar surface area (TPSA) is 54.0 Å². The highest BCUT2D eigenvalue weighted by molar-refractivity contribution is 9.10. The number of methoxy groups -OCH3 is 3. The first-order valence-electron chi connectivity index (χ1n) is 18.9. The SMILES string of the molecule is COC1(C2Cc3cc(C)c(Br)c(C)c3C2=O)Cc2ccccc2C1.COC1(OC)Cc2ccccc2C1.Cc1cc2c(c(C)c1Br)C(O[Si](C)(C)C)=CC2. The molecule has 1 unspecified atom stereocenters. The van der Waals surface area contributed by atoms with Crippen molar-refractivity contribution in [2.24, 2.45) is 5.92 Å². The molecule has 54 heavy (non-hydrogen) atoms. The van der Waals surface area contributed by atoms with Crippen LogP contribution in [-0.4, -0.2) is 46.8 Å². The second kappa shape index (κ2) is 15.9. The molecule has 0 fully saturated rings. The van der Waals surface area contributed by atoms with E-state index in [9.17, 15) is 4.79 Å². The van der Waals surface area contributed by atoms with Gasteiger partial charge >= 0.3 is 0 Å². The van der Waals surface area contributed by atoms with E-state index >= 15 is 0 Å². The number of rotatable bonds is 6. The van der Waals surface area contributed by atoms with Crippen molar-refractivity contribution < 1.29 is 23.4 Å². The molecule has 0 spiro atoms. The average molecular weight is 875 g/mol. The predicted molar refractivity (Wildman–Crippen MR) is 229 cm³/mol. The summed E-state index contributed by atoms with van der Waals surface area (Å²) in [4.78, 5) is 13.3. The van der Waals surface area contributed by atoms with E-state index < -0.39 is 19.7 Å². The van der Waals surface area contributed by atoms with E-state index in [1.165, 1.54) is 60.1 Å². The summed E-state index contributed by atoms with van der Waals surface area (Å²) < 4.78 is 25.3. The lowest BCUT2D eigenvalue weighted by Gasteiger charge is -2.33. The highest BCUT2D eigenvalue weighted by atomic mass is 79.9. The van der Waals surface area contributed by atoms with Crippen molar-refractivity contribution >= 4 is 51.7 Å². The van der Waals surface area contributed by atoms with Crippen LogP contribution < -0.4 is 0 Å². The van der Waals surface area contributed by atoms with E-state index in [2.05, 4.69) is 139 Å². The Kier molecular flexibility index (Phi) is 12.1. The fourth-order valence-electron chi connectivity index (χ4n) is 8.79. The summed E-state index contributed by atoms with van der Waals surface area (Å²) in [6.45, 7) is 15.1. The number of fused-ring (bicyclic) bond motifs is 4. The van der Waals surface area contributed by atoms with Gasteiger partial charge in [-0.05, 0) is 122 Å². The smallest absolute Gasteiger partial charge is 0.242 e. The Morgan fingerprint density at radius 1 is 0.648 bits per heavy atom. The number of aryl methyl sites for hydroxylation is 2. The monoisotopic (exact) mass is 872 g/mol. The Bertz CT molecular complexity index is 2060. The lowest BCUT2D eigenvalue weighted by molar-refractivity contribution is -0.198. The van der Waals surface area contributed by atoms with Gasteiger partial charge in [0.2, 0.25) is 8.32 Å². The Balaban J connectivity index is 0.000000146. The summed E-state index contributed by atoms with van der Waals surface area (Å²) in [7, 11) is 3.64. The van der Waals surface area contributed by atoms with Crippen LogP contribution in [0.3, 0.4) is 0 Å². The highest BCUT2D eigenvalue weighted by Crippen LogP contribution is 2.46. The molecule has 8 heteroatoms. The van der Waals surface area contributed by atoms with Gasteiger partial charge < -0.3 is 18.6 Å². The zero-order valence-corrected chi connectivity index (χ0v) is 37.6. The lowest BCUT2D eigenvalue weighted by Crippen LogP contribution is -2.44. The summed E-state index contributed by atoms with van der Waals surface area (Å²) in [6.07, 6.45) is 7.37. The summed E-state index contributed by atoms with van der Waals surface area (Å²) in [5, 5.41) is 0. The molecule has 0 radical (unpaired) electrons. The first kappa shape index (κ1) is 40.8. The van der Waals surface area contributed by atoms with Crippen LogP contribution in [0.4, 0.5) is 0 Å². The van der Waals surface area contributed by atoms with Gasteiger partial charge in [-0.15, -0.1) is 0 Å². The average Bonchev–Trinajstić information content (AvgIpc) is 3.91. The number of ether oxygens (including phenoxy) is 3. The summed E-state index contributed by atoms with van der Waals surface area (Å²) in [5.41, 5.74) is 14.6. The van der Waals surface area contributed by atoms with Gasteiger partial charge in [0, 0.05) is 67.1 Å². The van der Waals surface area contributed by atoms with Crippen LogP contribution in [0.15, 0.2) is 75.7 Å². The lowest BCUT2D eigenvalue weighted by atomic mass is 9.81. The number of carbonyl (C=O) groups excluding carboxylic acids is 1. The Labute approximate surface area is 340 Å². The van der Waals surface area contributed by atoms with Gasteiger partial charge in [0.1, 0.15) is 5.76 Å². The van der Waals surface area contributed by atoms with Gasteiger partial charge in [-0.25, -0.2) is 0 Å². The zero-order chi connectivity index (χ0) is 39.2. The van der Waals surface area contributed by atoms with Crippen LogP contribution in [0, 0.1) is 33.6 Å². The summed E-state index contributed by atoms with van der Waals surface area (Å²) in [6, 6.07) is 21.3. The highest BCUT2D eigenvalue weighted by Gasteiger charge is 2.51. The molecule has 0 bridgehead atoms. The maximum absolute atomic E-state index is 13.3. The minimum Gasteiger partial charge on any atom is -0.544 e. The molecule has 0 N–H and O–H groups in total. The third kappa shape index (κ3) is 7.89. The van der Waals surface area contributed by atoms with Crippen molar-refractivity contribution in [3.05, 3.63) is 142 Å². The Hall–Kier alpha value is -2.85. The van der Waals surface area contributed by atoms with E-state index in [0.717, 1.165) is 59.9 Å². The van der Waals surface area contributed by atoms with Gasteiger partial charge in [-0.2, -0.15) is 0 Å². The van der Waals surface area contributed by atoms with E-state index in [4.69, 9.17) is 18.6 Å². The maximum atomic E-state index is 13.3. The number of hydrogen-bond acceptors (Lipinski definition) is 5. The molecule has 4 aliphatic carbocycles. The number of benzene rings is 4. The van der Waals surface area contributed by atoms with E-state index in [1.54, 1.807) is 21.3 Å². The van der Waals surface area contributed by atoms with Crippen LogP contribution in [0.2, 0.25) is 19.6 Å². The fourth-order valence-corrected chi connectivity index (χ4v) is 10.3. The Morgan fingerprint density at radius 2 is 1.11 bits per heavy atom. The number of halogens is 2. The number of allylic oxidation sites excluding steroid dienone is 1. The molecule has 4 aromatic rings. The molecule has 0 aromatic heterocycles. The van der Waals surface area contributed by atoms with Crippen molar-refractivity contribution in [3.63, 3.8) is 0 Å². The third-order valence-electron chi connectivity index (χ3n) is 11.6. The molecular weight excluding hydrogens is 820 g/mol. The molecular formula is C46H54Br2O5Si. The number of carbonyl (C=O) groups is 1. The molecule has 8 rings (SSSR count). The molecule has 4 aromatic carbocycles. The van der Waals surface area contributed by atoms with Gasteiger partial charge in [-0.1, -0.05) is 92.5 Å². The third-order valence-corrected chi connectivity index (χ3v) is 14.9. The van der Waals surface area contributed by atoms with Crippen LogP contribution >= 0.6 is 31.9 Å². The molecule has 0 aliphatic heterocycles. The maximum Gasteiger partial charge on any atom is 0.242 e. The molecule has 0 saturated heterocycles. The quantitative estimate of drug-likeness (QED) is 0.143. The molecule has 4 aliphatic rings. The van der Waals surface area contributed by atoms with Crippen LogP contribution in [0.5, 0.6) is 0 Å². The van der Waals surface area contributed by atoms with Crippen LogP contribution in [-0.2, 0) is 57.2 Å². The van der Waals surface area contributed by atoms with Crippen LogP contribution in [0.1, 0.15) is 71.6 Å². The second-order valence-electron chi connectivity index (χ2n) is 16.3. The van der Waals surface area contributed by atoms with Gasteiger partial charge in [-0.3, -0.25) is 4.79 Å². The fraction of sp³-hybridized carbons (Fsp3) is 0.413. The van der Waals surface area contributed by atoms with Crippen LogP contribution in [0.25, 0.3) is 5.76 Å². The molecule has 286 valence electrons. The molecule has 0 saturated carbocycles. The van der Waals surface area contributed by atoms with E-state index in [0.29, 0.717) is 0 Å². The van der Waals surface area contributed by atoms with E-state index in [-0.39, 0.29) is 11.7 Å². The molecule has 0 heterocycles. The standard InChI is InChI=1S/C21H21BrO2.C14H19BrOSi.C11H14O2/c1-12-8-16-9-17(20(23)18(16)13(2)19(12)22)21(24-3)10-14-6-4-5-7-15(14)11-21;1-9-8-11-6-7-12(16-17(3,4)5)13(11)10(2)14(9)15;1-12-11(13-2)7-9-5-3-4-6-10(9)8-11/h4-8,17H,9-11H2,1-3H3;7-8H,6H2,1-5H3;3-6H,7-8H2,1-2H3. The predicted octanol–water partition coefficient (Wildman–Crippen LogP) is 11.2. The molecule has 5 nitrogen and oxygen atoms in total. The summed E-state index contributed by atoms with van der Waals surface area (Å²) in [5.74, 6) is 0.830. The normalized spacial score (nSPS) is 18.4. The van der Waals surface area contributed by atoms with Crippen molar-refractivity contribution in [1.29, 1.82) is 0 Å². The van der Waals surface area contributed by atoms with E-state index in [1.807, 2.05) is 6.92 Å². The number of ketones is 1. The Morgan fingerprint density at radius 3 is 1.57 bits per heavy atom. The van der Waals surface area contributed by atoms with Gasteiger partial charge in [0.15, 0.2) is 11.6 Å². The first-order valence-corrected chi connectivity index (χ1v) is 23.8. The van der Waals surface area contributed by atoms with Crippen molar-refractivity contribution in [2.75, 3.05) is 21.3 Å². The zero-order valence-electron chi connectivity index (χ0n) is 33.5. The minimum atomic E-state index is -1.53. The first-order chi connectivity index (χ1) is 25.6. The van der Waals surface area contributed by atoms with Gasteiger partial charge in [0.05, 0.1) is 11.5 Å². The number of Topliss-reactive ketones (excluding diaryl/α,β-unsaturated/α-hetero) is 1. The minimum absolute atomic E-state index is 0.0997. The second-order valence-corrected chi connectivity index (χ2v) is 22.3. The van der Waals surface area contributed by atoms with Crippen molar-refractivity contribution in [1.82, 2.24) is 0 Å². The largest absolute Gasteiger partial charge is 0.544 e. The summed E-state index contributed by atoms with van der Waals surface area (Å²) >= 11 is 7.30. The van der Waals surface area contributed by atoms with Crippen molar-refractivity contribution in [2.45, 2.75) is 97.2 Å².